The van der Waals surface area contributed by atoms with E-state index in [4.69, 9.17) is 0 Å². The van der Waals surface area contributed by atoms with Gasteiger partial charge in [0, 0.05) is 5.39 Å². The van der Waals surface area contributed by atoms with Gasteiger partial charge in [-0.1, -0.05) is 31.2 Å². The molecule has 1 N–H and O–H groups in total. The Bertz CT molecular complexity index is 795. The van der Waals surface area contributed by atoms with E-state index in [1.165, 1.54) is 11.3 Å². The number of fused-ring (bicyclic) bond motifs is 1. The van der Waals surface area contributed by atoms with Crippen LogP contribution in [0.4, 0.5) is 0 Å². The molecular weight excluding hydrogens is 272 g/mol. The zero-order chi connectivity index (χ0) is 14.1. The van der Waals surface area contributed by atoms with Crippen molar-refractivity contribution in [3.05, 3.63) is 47.0 Å². The SMILES string of the molecule is CCc1nc(-c2ccc3ccccc3n2)sc1C(=O)O. The summed E-state index contributed by atoms with van der Waals surface area (Å²) in [4.78, 5) is 20.4. The van der Waals surface area contributed by atoms with E-state index in [-0.39, 0.29) is 0 Å². The number of benzene rings is 1. The first kappa shape index (κ1) is 12.7. The van der Waals surface area contributed by atoms with Gasteiger partial charge < -0.3 is 5.11 Å². The monoisotopic (exact) mass is 284 g/mol. The fourth-order valence-corrected chi connectivity index (χ4v) is 3.02. The molecule has 100 valence electrons. The van der Waals surface area contributed by atoms with E-state index in [1.807, 2.05) is 43.3 Å². The fourth-order valence-electron chi connectivity index (χ4n) is 2.05. The summed E-state index contributed by atoms with van der Waals surface area (Å²) in [7, 11) is 0. The second-order valence-electron chi connectivity index (χ2n) is 4.34. The molecule has 0 aliphatic carbocycles. The minimum atomic E-state index is -0.925. The molecule has 2 heterocycles. The number of aromatic carboxylic acids is 1. The summed E-state index contributed by atoms with van der Waals surface area (Å²) >= 11 is 1.18. The van der Waals surface area contributed by atoms with Crippen LogP contribution in [-0.2, 0) is 6.42 Å². The van der Waals surface area contributed by atoms with Crippen LogP contribution in [0.2, 0.25) is 0 Å². The Hall–Kier alpha value is -2.27. The lowest BCUT2D eigenvalue weighted by Gasteiger charge is -1.99. The number of carboxylic acids is 1. The van der Waals surface area contributed by atoms with Crippen LogP contribution in [0.3, 0.4) is 0 Å². The largest absolute Gasteiger partial charge is 0.477 e. The van der Waals surface area contributed by atoms with Crippen molar-refractivity contribution >= 4 is 28.2 Å². The van der Waals surface area contributed by atoms with Crippen LogP contribution in [-0.4, -0.2) is 21.0 Å². The van der Waals surface area contributed by atoms with Gasteiger partial charge in [0.25, 0.3) is 0 Å². The number of carbonyl (C=O) groups is 1. The summed E-state index contributed by atoms with van der Waals surface area (Å²) in [5.41, 5.74) is 2.22. The summed E-state index contributed by atoms with van der Waals surface area (Å²) in [6.45, 7) is 1.90. The summed E-state index contributed by atoms with van der Waals surface area (Å²) in [6.07, 6.45) is 0.603. The summed E-state index contributed by atoms with van der Waals surface area (Å²) < 4.78 is 0. The maximum Gasteiger partial charge on any atom is 0.347 e. The predicted octanol–water partition coefficient (Wildman–Crippen LogP) is 3.62. The molecule has 0 bridgehead atoms. The second kappa shape index (κ2) is 5.02. The molecule has 5 heteroatoms. The topological polar surface area (TPSA) is 63.1 Å². The highest BCUT2D eigenvalue weighted by molar-refractivity contribution is 7.17. The molecule has 0 unspecified atom stereocenters. The maximum absolute atomic E-state index is 11.2. The van der Waals surface area contributed by atoms with E-state index in [0.717, 1.165) is 16.6 Å². The summed E-state index contributed by atoms with van der Waals surface area (Å²) in [5.74, 6) is -0.925. The van der Waals surface area contributed by atoms with Crippen molar-refractivity contribution < 1.29 is 9.90 Å². The number of pyridine rings is 1. The highest BCUT2D eigenvalue weighted by atomic mass is 32.1. The highest BCUT2D eigenvalue weighted by Gasteiger charge is 2.17. The maximum atomic E-state index is 11.2. The van der Waals surface area contributed by atoms with Crippen molar-refractivity contribution in [1.29, 1.82) is 0 Å². The van der Waals surface area contributed by atoms with Crippen molar-refractivity contribution in [2.45, 2.75) is 13.3 Å². The van der Waals surface area contributed by atoms with Crippen molar-refractivity contribution in [2.24, 2.45) is 0 Å². The third-order valence-electron chi connectivity index (χ3n) is 3.04. The van der Waals surface area contributed by atoms with Crippen LogP contribution >= 0.6 is 11.3 Å². The zero-order valence-electron chi connectivity index (χ0n) is 10.8. The standard InChI is InChI=1S/C15H12N2O2S/c1-2-10-13(15(18)19)20-14(17-10)12-8-7-9-5-3-4-6-11(9)16-12/h3-8H,2H2,1H3,(H,18,19). The minimum Gasteiger partial charge on any atom is -0.477 e. The van der Waals surface area contributed by atoms with Gasteiger partial charge in [0.2, 0.25) is 0 Å². The third kappa shape index (κ3) is 2.16. The molecule has 0 fully saturated rings. The normalized spacial score (nSPS) is 10.8. The lowest BCUT2D eigenvalue weighted by atomic mass is 10.2. The molecule has 0 atom stereocenters. The van der Waals surface area contributed by atoms with Crippen LogP contribution in [0.25, 0.3) is 21.6 Å². The van der Waals surface area contributed by atoms with E-state index in [0.29, 0.717) is 22.0 Å². The Morgan fingerprint density at radius 2 is 2.00 bits per heavy atom. The number of hydrogen-bond donors (Lipinski definition) is 1. The first-order valence-electron chi connectivity index (χ1n) is 6.28. The Morgan fingerprint density at radius 1 is 1.20 bits per heavy atom. The third-order valence-corrected chi connectivity index (χ3v) is 4.15. The van der Waals surface area contributed by atoms with E-state index in [1.54, 1.807) is 0 Å². The summed E-state index contributed by atoms with van der Waals surface area (Å²) in [5, 5.41) is 10.9. The van der Waals surface area contributed by atoms with E-state index < -0.39 is 5.97 Å². The molecule has 4 nitrogen and oxygen atoms in total. The molecule has 3 aromatic rings. The van der Waals surface area contributed by atoms with Gasteiger partial charge in [0.05, 0.1) is 16.9 Å². The molecule has 3 rings (SSSR count). The first-order valence-corrected chi connectivity index (χ1v) is 7.10. The van der Waals surface area contributed by atoms with Crippen molar-refractivity contribution in [3.8, 4) is 10.7 Å². The van der Waals surface area contributed by atoms with Crippen LogP contribution in [0.5, 0.6) is 0 Å². The van der Waals surface area contributed by atoms with Gasteiger partial charge in [0.15, 0.2) is 0 Å². The van der Waals surface area contributed by atoms with E-state index in [2.05, 4.69) is 9.97 Å². The van der Waals surface area contributed by atoms with Gasteiger partial charge in [0.1, 0.15) is 9.88 Å². The van der Waals surface area contributed by atoms with Crippen LogP contribution in [0, 0.1) is 0 Å². The average Bonchev–Trinajstić information content (AvgIpc) is 2.91. The summed E-state index contributed by atoms with van der Waals surface area (Å²) in [6, 6.07) is 11.7. The van der Waals surface area contributed by atoms with Gasteiger partial charge in [-0.05, 0) is 18.6 Å². The number of thiazole rings is 1. The smallest absolute Gasteiger partial charge is 0.347 e. The Balaban J connectivity index is 2.13. The Labute approximate surface area is 119 Å². The number of aryl methyl sites for hydroxylation is 1. The van der Waals surface area contributed by atoms with Crippen LogP contribution in [0.15, 0.2) is 36.4 Å². The fraction of sp³-hybridized carbons (Fsp3) is 0.133. The first-order chi connectivity index (χ1) is 9.69. The van der Waals surface area contributed by atoms with E-state index >= 15 is 0 Å². The molecule has 0 spiro atoms. The number of hydrogen-bond acceptors (Lipinski definition) is 4. The molecule has 20 heavy (non-hydrogen) atoms. The van der Waals surface area contributed by atoms with Crippen molar-refractivity contribution in [1.82, 2.24) is 9.97 Å². The predicted molar refractivity (Wildman–Crippen MR) is 79.2 cm³/mol. The van der Waals surface area contributed by atoms with Gasteiger partial charge in [-0.3, -0.25) is 0 Å². The average molecular weight is 284 g/mol. The molecule has 1 aromatic carbocycles. The molecule has 0 amide bonds. The Morgan fingerprint density at radius 3 is 2.70 bits per heavy atom. The number of carboxylic acid groups (broad SMARTS) is 1. The highest BCUT2D eigenvalue weighted by Crippen LogP contribution is 2.28. The lowest BCUT2D eigenvalue weighted by molar-refractivity contribution is 0.0701. The van der Waals surface area contributed by atoms with Crippen LogP contribution in [0.1, 0.15) is 22.3 Å². The molecule has 0 aliphatic heterocycles. The molecule has 0 aliphatic rings. The van der Waals surface area contributed by atoms with Crippen molar-refractivity contribution in [3.63, 3.8) is 0 Å². The van der Waals surface area contributed by atoms with Gasteiger partial charge in [-0.2, -0.15) is 0 Å². The van der Waals surface area contributed by atoms with Crippen LogP contribution < -0.4 is 0 Å². The number of aromatic nitrogens is 2. The molecule has 2 aromatic heterocycles. The number of nitrogens with zero attached hydrogens (tertiary/aromatic N) is 2. The van der Waals surface area contributed by atoms with Gasteiger partial charge in [-0.25, -0.2) is 14.8 Å². The number of rotatable bonds is 3. The van der Waals surface area contributed by atoms with E-state index in [9.17, 15) is 9.90 Å². The molecule has 0 radical (unpaired) electrons. The molecule has 0 saturated heterocycles. The second-order valence-corrected chi connectivity index (χ2v) is 5.34. The van der Waals surface area contributed by atoms with Crippen molar-refractivity contribution in [2.75, 3.05) is 0 Å². The molecular formula is C15H12N2O2S. The quantitative estimate of drug-likeness (QED) is 0.798. The van der Waals surface area contributed by atoms with Gasteiger partial charge >= 0.3 is 5.97 Å². The molecule has 0 saturated carbocycles. The zero-order valence-corrected chi connectivity index (χ0v) is 11.6. The Kier molecular flexibility index (Phi) is 3.20. The van der Waals surface area contributed by atoms with Gasteiger partial charge in [-0.15, -0.1) is 11.3 Å². The lowest BCUT2D eigenvalue weighted by Crippen LogP contribution is -1.97. The minimum absolute atomic E-state index is 0.303. The number of para-hydroxylation sites is 1.